The maximum Gasteiger partial charge on any atom is 0.261 e. The van der Waals surface area contributed by atoms with Crippen molar-refractivity contribution in [1.82, 2.24) is 10.2 Å². The van der Waals surface area contributed by atoms with E-state index in [4.69, 9.17) is 16.3 Å². The molecule has 0 heterocycles. The Bertz CT molecular complexity index is 1130. The van der Waals surface area contributed by atoms with E-state index in [2.05, 4.69) is 12.2 Å². The zero-order valence-corrected chi connectivity index (χ0v) is 22.1. The van der Waals surface area contributed by atoms with Gasteiger partial charge in [-0.05, 0) is 60.7 Å². The molecule has 0 aliphatic carbocycles. The largest absolute Gasteiger partial charge is 0.483 e. The zero-order chi connectivity index (χ0) is 25.9. The summed E-state index contributed by atoms with van der Waals surface area (Å²) in [6, 6.07) is 22.3. The van der Waals surface area contributed by atoms with Crippen LogP contribution in [0.1, 0.15) is 42.0 Å². The van der Waals surface area contributed by atoms with E-state index in [9.17, 15) is 9.59 Å². The van der Waals surface area contributed by atoms with Crippen LogP contribution < -0.4 is 10.1 Å². The molecule has 0 unspecified atom stereocenters. The van der Waals surface area contributed by atoms with Crippen molar-refractivity contribution in [2.45, 2.75) is 52.6 Å². The Labute approximate surface area is 219 Å². The molecule has 1 atom stereocenters. The van der Waals surface area contributed by atoms with Crippen LogP contribution in [0, 0.1) is 13.8 Å². The topological polar surface area (TPSA) is 58.6 Å². The number of carbonyl (C=O) groups is 2. The molecule has 2 amide bonds. The lowest BCUT2D eigenvalue weighted by Crippen LogP contribution is -2.51. The average Bonchev–Trinajstić information content (AvgIpc) is 2.88. The maximum atomic E-state index is 13.6. The van der Waals surface area contributed by atoms with Gasteiger partial charge in [-0.15, -0.1) is 0 Å². The number of aryl methyl sites for hydroxylation is 2. The molecule has 6 heteroatoms. The van der Waals surface area contributed by atoms with Gasteiger partial charge in [-0.2, -0.15) is 0 Å². The fraction of sp³-hybridized carbons (Fsp3) is 0.333. The fourth-order valence-electron chi connectivity index (χ4n) is 3.93. The maximum absolute atomic E-state index is 13.6. The first kappa shape index (κ1) is 27.3. The van der Waals surface area contributed by atoms with Gasteiger partial charge in [0.2, 0.25) is 5.91 Å². The van der Waals surface area contributed by atoms with E-state index < -0.39 is 6.04 Å². The summed E-state index contributed by atoms with van der Waals surface area (Å²) in [6.07, 6.45) is 2.26. The number of carbonyl (C=O) groups excluding carboxylic acids is 2. The molecule has 1 N–H and O–H groups in total. The number of ether oxygens (including phenoxy) is 1. The molecule has 3 aromatic rings. The number of nitrogens with one attached hydrogen (secondary N) is 1. The summed E-state index contributed by atoms with van der Waals surface area (Å²) in [5, 5.41) is 3.65. The van der Waals surface area contributed by atoms with Gasteiger partial charge < -0.3 is 15.0 Å². The van der Waals surface area contributed by atoms with Gasteiger partial charge in [-0.3, -0.25) is 9.59 Å². The first-order chi connectivity index (χ1) is 17.4. The lowest BCUT2D eigenvalue weighted by molar-refractivity contribution is -0.142. The van der Waals surface area contributed by atoms with E-state index in [1.807, 2.05) is 74.5 Å². The molecule has 0 saturated heterocycles. The third-order valence-electron chi connectivity index (χ3n) is 6.06. The normalized spacial score (nSPS) is 11.6. The standard InChI is InChI=1S/C30H35ClN2O3/c1-4-5-17-32-30(35)27(19-24-9-7-6-8-10-24)33(20-25-13-15-26(31)16-14-25)29(34)21-36-28-18-22(2)11-12-23(28)3/h6-16,18,27H,4-5,17,19-21H2,1-3H3,(H,32,35)/t27-/m0/s1. The van der Waals surface area contributed by atoms with Crippen molar-refractivity contribution in [3.05, 3.63) is 100 Å². The summed E-state index contributed by atoms with van der Waals surface area (Å²) in [5.41, 5.74) is 3.88. The molecule has 0 bridgehead atoms. The van der Waals surface area contributed by atoms with Gasteiger partial charge in [0, 0.05) is 24.5 Å². The van der Waals surface area contributed by atoms with Crippen LogP contribution in [0.2, 0.25) is 5.02 Å². The number of rotatable bonds is 12. The Hall–Kier alpha value is -3.31. The highest BCUT2D eigenvalue weighted by molar-refractivity contribution is 6.30. The van der Waals surface area contributed by atoms with E-state index in [-0.39, 0.29) is 25.0 Å². The summed E-state index contributed by atoms with van der Waals surface area (Å²) >= 11 is 6.08. The van der Waals surface area contributed by atoms with Crippen LogP contribution in [-0.2, 0) is 22.6 Å². The van der Waals surface area contributed by atoms with Crippen LogP contribution in [-0.4, -0.2) is 35.9 Å². The quantitative estimate of drug-likeness (QED) is 0.311. The van der Waals surface area contributed by atoms with E-state index in [1.54, 1.807) is 17.0 Å². The van der Waals surface area contributed by atoms with Crippen molar-refractivity contribution < 1.29 is 14.3 Å². The molecule has 190 valence electrons. The minimum atomic E-state index is -0.686. The average molecular weight is 507 g/mol. The molecule has 0 aliphatic rings. The Morgan fingerprint density at radius 1 is 0.972 bits per heavy atom. The predicted molar refractivity (Wildman–Crippen MR) is 145 cm³/mol. The highest BCUT2D eigenvalue weighted by Gasteiger charge is 2.30. The second-order valence-electron chi connectivity index (χ2n) is 9.06. The first-order valence-corrected chi connectivity index (χ1v) is 12.8. The number of unbranched alkanes of at least 4 members (excludes halogenated alkanes) is 1. The predicted octanol–water partition coefficient (Wildman–Crippen LogP) is 5.89. The molecule has 0 saturated carbocycles. The van der Waals surface area contributed by atoms with Crippen molar-refractivity contribution in [2.75, 3.05) is 13.2 Å². The summed E-state index contributed by atoms with van der Waals surface area (Å²) in [4.78, 5) is 28.7. The van der Waals surface area contributed by atoms with Gasteiger partial charge in [0.25, 0.3) is 5.91 Å². The van der Waals surface area contributed by atoms with Crippen molar-refractivity contribution in [3.63, 3.8) is 0 Å². The van der Waals surface area contributed by atoms with Crippen LogP contribution >= 0.6 is 11.6 Å². The van der Waals surface area contributed by atoms with Gasteiger partial charge in [0.1, 0.15) is 11.8 Å². The van der Waals surface area contributed by atoms with E-state index in [0.717, 1.165) is 35.1 Å². The summed E-state index contributed by atoms with van der Waals surface area (Å²) in [7, 11) is 0. The molecule has 36 heavy (non-hydrogen) atoms. The van der Waals surface area contributed by atoms with Crippen molar-refractivity contribution in [3.8, 4) is 5.75 Å². The number of nitrogens with zero attached hydrogens (tertiary/aromatic N) is 1. The number of benzene rings is 3. The fourth-order valence-corrected chi connectivity index (χ4v) is 4.06. The SMILES string of the molecule is CCCCNC(=O)[C@H](Cc1ccccc1)N(Cc1ccc(Cl)cc1)C(=O)COc1cc(C)ccc1C. The minimum absolute atomic E-state index is 0.161. The van der Waals surface area contributed by atoms with Crippen LogP contribution in [0.25, 0.3) is 0 Å². The molecule has 0 spiro atoms. The molecule has 3 aromatic carbocycles. The van der Waals surface area contributed by atoms with E-state index in [1.165, 1.54) is 0 Å². The summed E-state index contributed by atoms with van der Waals surface area (Å²) in [5.74, 6) is 0.251. The molecule has 0 aliphatic heterocycles. The van der Waals surface area contributed by atoms with E-state index >= 15 is 0 Å². The summed E-state index contributed by atoms with van der Waals surface area (Å²) < 4.78 is 5.95. The molecule has 0 fully saturated rings. The second kappa shape index (κ2) is 13.7. The van der Waals surface area contributed by atoms with Crippen LogP contribution in [0.4, 0.5) is 0 Å². The number of hydrogen-bond donors (Lipinski definition) is 1. The minimum Gasteiger partial charge on any atom is -0.483 e. The zero-order valence-electron chi connectivity index (χ0n) is 21.3. The summed E-state index contributed by atoms with van der Waals surface area (Å²) in [6.45, 7) is 6.69. The van der Waals surface area contributed by atoms with Crippen molar-refractivity contribution >= 4 is 23.4 Å². The molecule has 5 nitrogen and oxygen atoms in total. The Morgan fingerprint density at radius 3 is 2.39 bits per heavy atom. The highest BCUT2D eigenvalue weighted by atomic mass is 35.5. The van der Waals surface area contributed by atoms with Gasteiger partial charge in [-0.1, -0.05) is 79.5 Å². The molecular formula is C30H35ClN2O3. The number of amides is 2. The van der Waals surface area contributed by atoms with Gasteiger partial charge in [0.15, 0.2) is 6.61 Å². The highest BCUT2D eigenvalue weighted by Crippen LogP contribution is 2.21. The van der Waals surface area contributed by atoms with Crippen molar-refractivity contribution in [1.29, 1.82) is 0 Å². The number of hydrogen-bond acceptors (Lipinski definition) is 3. The Balaban J connectivity index is 1.89. The molecule has 3 rings (SSSR count). The van der Waals surface area contributed by atoms with Crippen LogP contribution in [0.5, 0.6) is 5.75 Å². The number of halogens is 1. The van der Waals surface area contributed by atoms with Gasteiger partial charge >= 0.3 is 0 Å². The van der Waals surface area contributed by atoms with Crippen LogP contribution in [0.15, 0.2) is 72.8 Å². The molecule has 0 aromatic heterocycles. The van der Waals surface area contributed by atoms with Crippen molar-refractivity contribution in [2.24, 2.45) is 0 Å². The van der Waals surface area contributed by atoms with Crippen LogP contribution in [0.3, 0.4) is 0 Å². The first-order valence-electron chi connectivity index (χ1n) is 12.4. The third kappa shape index (κ3) is 8.13. The third-order valence-corrected chi connectivity index (χ3v) is 6.31. The van der Waals surface area contributed by atoms with E-state index in [0.29, 0.717) is 23.7 Å². The monoisotopic (exact) mass is 506 g/mol. The Kier molecular flexibility index (Phi) is 10.4. The smallest absolute Gasteiger partial charge is 0.261 e. The van der Waals surface area contributed by atoms with Gasteiger partial charge in [-0.25, -0.2) is 0 Å². The molecule has 0 radical (unpaired) electrons. The van der Waals surface area contributed by atoms with Gasteiger partial charge in [0.05, 0.1) is 0 Å². The second-order valence-corrected chi connectivity index (χ2v) is 9.49. The Morgan fingerprint density at radius 2 is 1.69 bits per heavy atom. The lowest BCUT2D eigenvalue weighted by atomic mass is 10.0. The molecular weight excluding hydrogens is 472 g/mol. The lowest BCUT2D eigenvalue weighted by Gasteiger charge is -2.31.